The predicted octanol–water partition coefficient (Wildman–Crippen LogP) is 5.10. The molecule has 3 aromatic rings. The third kappa shape index (κ3) is 3.70. The standard InChI is InChI=1S/C26H28N4O2S/c1-16-15-20(17(2)29(16)22-13-6-5-11-19(22)25(31)32)24-23(21-12-7-8-14-27-21)28-26(33)30(24)18-9-3-4-10-18/h5-8,11-15,18,23-24H,3-4,9-10H2,1-2H3,(H,28,33)(H,31,32)/t23-,24-/m1/s1. The molecule has 1 saturated heterocycles. The number of rotatable bonds is 5. The van der Waals surface area contributed by atoms with Gasteiger partial charge >= 0.3 is 5.97 Å². The highest BCUT2D eigenvalue weighted by Crippen LogP contribution is 2.44. The molecule has 0 unspecified atom stereocenters. The number of carbonyl (C=O) groups is 1. The van der Waals surface area contributed by atoms with Gasteiger partial charge in [-0.3, -0.25) is 4.98 Å². The minimum absolute atomic E-state index is 0.00700. The molecule has 7 heteroatoms. The lowest BCUT2D eigenvalue weighted by atomic mass is 9.95. The van der Waals surface area contributed by atoms with Crippen molar-refractivity contribution in [1.82, 2.24) is 19.8 Å². The van der Waals surface area contributed by atoms with Crippen LogP contribution in [0.2, 0.25) is 0 Å². The number of hydrogen-bond acceptors (Lipinski definition) is 3. The Bertz CT molecular complexity index is 1200. The smallest absolute Gasteiger partial charge is 0.337 e. The molecule has 1 aromatic carbocycles. The minimum atomic E-state index is -0.928. The molecule has 0 radical (unpaired) electrons. The van der Waals surface area contributed by atoms with Gasteiger partial charge in [-0.15, -0.1) is 0 Å². The van der Waals surface area contributed by atoms with Gasteiger partial charge in [0, 0.05) is 23.6 Å². The molecule has 0 bridgehead atoms. The van der Waals surface area contributed by atoms with Gasteiger partial charge in [-0.2, -0.15) is 0 Å². The average molecular weight is 461 g/mol. The fourth-order valence-electron chi connectivity index (χ4n) is 5.58. The molecule has 5 rings (SSSR count). The molecule has 33 heavy (non-hydrogen) atoms. The van der Waals surface area contributed by atoms with Crippen LogP contribution in [0.3, 0.4) is 0 Å². The van der Waals surface area contributed by atoms with E-state index < -0.39 is 5.97 Å². The Morgan fingerprint density at radius 1 is 1.12 bits per heavy atom. The number of aryl methyl sites for hydroxylation is 1. The second kappa shape index (κ2) is 8.63. The number of thiocarbonyl (C=S) groups is 1. The molecule has 1 aliphatic heterocycles. The lowest BCUT2D eigenvalue weighted by Gasteiger charge is -2.33. The highest BCUT2D eigenvalue weighted by Gasteiger charge is 2.44. The highest BCUT2D eigenvalue weighted by molar-refractivity contribution is 7.80. The zero-order valence-corrected chi connectivity index (χ0v) is 19.7. The van der Waals surface area contributed by atoms with E-state index >= 15 is 0 Å². The summed E-state index contributed by atoms with van der Waals surface area (Å²) in [7, 11) is 0. The summed E-state index contributed by atoms with van der Waals surface area (Å²) >= 11 is 5.87. The van der Waals surface area contributed by atoms with Crippen LogP contribution in [0.1, 0.15) is 70.8 Å². The second-order valence-electron chi connectivity index (χ2n) is 8.96. The molecule has 2 N–H and O–H groups in total. The van der Waals surface area contributed by atoms with Gasteiger partial charge in [0.2, 0.25) is 0 Å². The summed E-state index contributed by atoms with van der Waals surface area (Å²) in [6, 6.07) is 15.7. The molecule has 2 fully saturated rings. The third-order valence-electron chi connectivity index (χ3n) is 7.02. The van der Waals surface area contributed by atoms with Crippen LogP contribution in [0, 0.1) is 13.8 Å². The normalized spacial score (nSPS) is 20.9. The number of aromatic nitrogens is 2. The Kier molecular flexibility index (Phi) is 5.66. The predicted molar refractivity (Wildman–Crippen MR) is 132 cm³/mol. The molecule has 0 amide bonds. The van der Waals surface area contributed by atoms with Crippen molar-refractivity contribution >= 4 is 23.3 Å². The van der Waals surface area contributed by atoms with Crippen molar-refractivity contribution in [2.75, 3.05) is 0 Å². The largest absolute Gasteiger partial charge is 0.478 e. The van der Waals surface area contributed by atoms with E-state index in [1.807, 2.05) is 43.5 Å². The molecule has 2 aromatic heterocycles. The molecule has 2 aliphatic rings. The highest BCUT2D eigenvalue weighted by atomic mass is 32.1. The average Bonchev–Trinajstić information content (AvgIpc) is 3.52. The first-order chi connectivity index (χ1) is 16.0. The minimum Gasteiger partial charge on any atom is -0.478 e. The van der Waals surface area contributed by atoms with E-state index in [2.05, 4.69) is 32.8 Å². The molecule has 3 heterocycles. The SMILES string of the molecule is Cc1cc([C@@H]2[C@@H](c3ccccn3)NC(=S)N2C2CCCC2)c(C)n1-c1ccccc1C(=O)O. The number of para-hydroxylation sites is 1. The first-order valence-corrected chi connectivity index (χ1v) is 11.9. The fourth-order valence-corrected chi connectivity index (χ4v) is 5.97. The van der Waals surface area contributed by atoms with Crippen molar-refractivity contribution in [2.45, 2.75) is 57.7 Å². The molecule has 1 aliphatic carbocycles. The number of aromatic carboxylic acids is 1. The van der Waals surface area contributed by atoms with Crippen molar-refractivity contribution in [3.05, 3.63) is 82.9 Å². The summed E-state index contributed by atoms with van der Waals surface area (Å²) in [6.45, 7) is 4.11. The summed E-state index contributed by atoms with van der Waals surface area (Å²) in [6.07, 6.45) is 6.52. The van der Waals surface area contributed by atoms with Crippen LogP contribution in [0.4, 0.5) is 0 Å². The van der Waals surface area contributed by atoms with Crippen LogP contribution in [0.5, 0.6) is 0 Å². The summed E-state index contributed by atoms with van der Waals surface area (Å²) in [4.78, 5) is 19.0. The number of pyridine rings is 1. The van der Waals surface area contributed by atoms with Gasteiger partial charge in [-0.05, 0) is 74.8 Å². The maximum Gasteiger partial charge on any atom is 0.337 e. The van der Waals surface area contributed by atoms with E-state index in [-0.39, 0.29) is 12.1 Å². The van der Waals surface area contributed by atoms with Crippen LogP contribution >= 0.6 is 12.2 Å². The van der Waals surface area contributed by atoms with E-state index in [0.717, 1.165) is 40.6 Å². The second-order valence-corrected chi connectivity index (χ2v) is 9.34. The lowest BCUT2D eigenvalue weighted by Crippen LogP contribution is -2.37. The third-order valence-corrected chi connectivity index (χ3v) is 7.35. The topological polar surface area (TPSA) is 70.4 Å². The van der Waals surface area contributed by atoms with Gasteiger partial charge in [0.05, 0.1) is 29.0 Å². The molecule has 1 saturated carbocycles. The number of nitrogens with zero attached hydrogens (tertiary/aromatic N) is 3. The maximum atomic E-state index is 11.9. The van der Waals surface area contributed by atoms with Gasteiger partial charge in [0.15, 0.2) is 5.11 Å². The number of nitrogens with one attached hydrogen (secondary N) is 1. The number of hydrogen-bond donors (Lipinski definition) is 2. The van der Waals surface area contributed by atoms with Gasteiger partial charge in [-0.25, -0.2) is 4.79 Å². The van der Waals surface area contributed by atoms with Crippen LogP contribution in [-0.2, 0) is 0 Å². The van der Waals surface area contributed by atoms with Crippen LogP contribution in [0.15, 0.2) is 54.7 Å². The number of benzene rings is 1. The monoisotopic (exact) mass is 460 g/mol. The molecule has 2 atom stereocenters. The van der Waals surface area contributed by atoms with Crippen LogP contribution in [0.25, 0.3) is 5.69 Å². The van der Waals surface area contributed by atoms with Crippen molar-refractivity contribution in [3.8, 4) is 5.69 Å². The Morgan fingerprint density at radius 2 is 1.85 bits per heavy atom. The summed E-state index contributed by atoms with van der Waals surface area (Å²) < 4.78 is 2.06. The molecular weight excluding hydrogens is 432 g/mol. The van der Waals surface area contributed by atoms with Gasteiger partial charge < -0.3 is 19.9 Å². The molecule has 0 spiro atoms. The molecule has 6 nitrogen and oxygen atoms in total. The first kappa shape index (κ1) is 21.6. The summed E-state index contributed by atoms with van der Waals surface area (Å²) in [5.74, 6) is -0.928. The number of carboxylic acids is 1. The Morgan fingerprint density at radius 3 is 2.55 bits per heavy atom. The fraction of sp³-hybridized carbons (Fsp3) is 0.346. The Balaban J connectivity index is 1.66. The van der Waals surface area contributed by atoms with Crippen molar-refractivity contribution in [3.63, 3.8) is 0 Å². The molecular formula is C26H28N4O2S. The van der Waals surface area contributed by atoms with Crippen LogP contribution < -0.4 is 5.32 Å². The van der Waals surface area contributed by atoms with Crippen LogP contribution in [-0.4, -0.2) is 36.7 Å². The van der Waals surface area contributed by atoms with Gasteiger partial charge in [-0.1, -0.05) is 31.0 Å². The van der Waals surface area contributed by atoms with E-state index in [0.29, 0.717) is 17.3 Å². The van der Waals surface area contributed by atoms with Gasteiger partial charge in [0.1, 0.15) is 0 Å². The lowest BCUT2D eigenvalue weighted by molar-refractivity contribution is 0.0697. The van der Waals surface area contributed by atoms with Crippen molar-refractivity contribution in [2.24, 2.45) is 0 Å². The Labute approximate surface area is 199 Å². The van der Waals surface area contributed by atoms with E-state index in [1.165, 1.54) is 12.8 Å². The quantitative estimate of drug-likeness (QED) is 0.516. The Hall–Kier alpha value is -3.19. The van der Waals surface area contributed by atoms with Gasteiger partial charge in [0.25, 0.3) is 0 Å². The summed E-state index contributed by atoms with van der Waals surface area (Å²) in [5.41, 5.74) is 5.12. The summed E-state index contributed by atoms with van der Waals surface area (Å²) in [5, 5.41) is 14.1. The zero-order valence-electron chi connectivity index (χ0n) is 18.9. The first-order valence-electron chi connectivity index (χ1n) is 11.5. The van der Waals surface area contributed by atoms with Crippen molar-refractivity contribution < 1.29 is 9.90 Å². The van der Waals surface area contributed by atoms with E-state index in [9.17, 15) is 9.90 Å². The van der Waals surface area contributed by atoms with Crippen molar-refractivity contribution in [1.29, 1.82) is 0 Å². The maximum absolute atomic E-state index is 11.9. The van der Waals surface area contributed by atoms with E-state index in [4.69, 9.17) is 12.2 Å². The van der Waals surface area contributed by atoms with E-state index in [1.54, 1.807) is 12.1 Å². The number of carboxylic acid groups (broad SMARTS) is 1. The zero-order chi connectivity index (χ0) is 23.1. The molecule has 170 valence electrons.